The Morgan fingerprint density at radius 3 is 2.35 bits per heavy atom. The van der Waals surface area contributed by atoms with E-state index in [-0.39, 0.29) is 5.91 Å². The maximum absolute atomic E-state index is 12.5. The number of amides is 1. The third-order valence-electron chi connectivity index (χ3n) is 5.50. The van der Waals surface area contributed by atoms with E-state index in [1.165, 1.54) is 5.69 Å². The number of carbonyl (C=O) groups is 1. The number of carbonyl (C=O) groups excluding carboxylic acids is 1. The van der Waals surface area contributed by atoms with Crippen LogP contribution in [0, 0.1) is 0 Å². The highest BCUT2D eigenvalue weighted by Crippen LogP contribution is 2.23. The summed E-state index contributed by atoms with van der Waals surface area (Å²) in [7, 11) is 1.69. The molecule has 1 aromatic carbocycles. The molecule has 2 aliphatic rings. The molecular weight excluding hydrogens is 328 g/mol. The highest BCUT2D eigenvalue weighted by molar-refractivity contribution is 5.85. The fourth-order valence-electron chi connectivity index (χ4n) is 3.98. The topological polar surface area (TPSA) is 62.0 Å². The predicted molar refractivity (Wildman–Crippen MR) is 105 cm³/mol. The predicted octanol–water partition coefficient (Wildman–Crippen LogP) is 1.55. The summed E-state index contributed by atoms with van der Waals surface area (Å²) in [5, 5.41) is 0. The molecular formula is C20H32N4O2. The number of piperidine rings is 1. The number of anilines is 1. The Bertz CT molecular complexity index is 603. The molecule has 2 N–H and O–H groups in total. The second-order valence-electron chi connectivity index (χ2n) is 7.99. The molecule has 1 amide bonds. The van der Waals surface area contributed by atoms with E-state index < -0.39 is 5.54 Å². The highest BCUT2D eigenvalue weighted by Gasteiger charge is 2.34. The van der Waals surface area contributed by atoms with Crippen molar-refractivity contribution in [2.75, 3.05) is 51.3 Å². The minimum atomic E-state index is -0.783. The van der Waals surface area contributed by atoms with Crippen LogP contribution in [0.2, 0.25) is 0 Å². The van der Waals surface area contributed by atoms with Crippen molar-refractivity contribution in [3.8, 4) is 5.75 Å². The molecule has 26 heavy (non-hydrogen) atoms. The first-order valence-corrected chi connectivity index (χ1v) is 9.60. The van der Waals surface area contributed by atoms with Gasteiger partial charge in [-0.05, 0) is 51.0 Å². The van der Waals surface area contributed by atoms with E-state index in [0.717, 1.165) is 57.9 Å². The minimum absolute atomic E-state index is 0.0686. The number of ether oxygens (including phenoxy) is 1. The number of rotatable bonds is 4. The first kappa shape index (κ1) is 19.0. The van der Waals surface area contributed by atoms with Gasteiger partial charge in [0.25, 0.3) is 0 Å². The summed E-state index contributed by atoms with van der Waals surface area (Å²) in [5.41, 5.74) is 6.48. The van der Waals surface area contributed by atoms with Crippen LogP contribution in [0.25, 0.3) is 0 Å². The number of benzene rings is 1. The van der Waals surface area contributed by atoms with Crippen molar-refractivity contribution in [2.45, 2.75) is 38.3 Å². The number of hydrogen-bond acceptors (Lipinski definition) is 5. The summed E-state index contributed by atoms with van der Waals surface area (Å²) >= 11 is 0. The molecule has 0 aromatic heterocycles. The standard InChI is InChI=1S/C20H32N4O2/c1-20(2,21)19(25)24-10-4-5-17(15-24)23-13-11-22(12-14-23)16-6-8-18(26-3)9-7-16/h6-9,17H,4-5,10-15,21H2,1-3H3/t17-/m1/s1. The van der Waals surface area contributed by atoms with Crippen LogP contribution in [0.4, 0.5) is 5.69 Å². The van der Waals surface area contributed by atoms with Crippen LogP contribution in [0.1, 0.15) is 26.7 Å². The summed E-state index contributed by atoms with van der Waals surface area (Å²) in [5.74, 6) is 0.959. The molecule has 0 unspecified atom stereocenters. The lowest BCUT2D eigenvalue weighted by molar-refractivity contribution is -0.138. The average molecular weight is 361 g/mol. The normalized spacial score (nSPS) is 22.4. The molecule has 1 atom stereocenters. The van der Waals surface area contributed by atoms with Crippen molar-refractivity contribution in [1.82, 2.24) is 9.80 Å². The quantitative estimate of drug-likeness (QED) is 0.883. The van der Waals surface area contributed by atoms with E-state index in [9.17, 15) is 4.79 Å². The SMILES string of the molecule is COc1ccc(N2CCN([C@@H]3CCCN(C(=O)C(C)(C)N)C3)CC2)cc1. The van der Waals surface area contributed by atoms with Crippen LogP contribution in [0.15, 0.2) is 24.3 Å². The number of likely N-dealkylation sites (tertiary alicyclic amines) is 1. The number of hydrogen-bond donors (Lipinski definition) is 1. The van der Waals surface area contributed by atoms with Gasteiger partial charge in [-0.3, -0.25) is 9.69 Å². The first-order chi connectivity index (χ1) is 12.4. The van der Waals surface area contributed by atoms with E-state index in [1.54, 1.807) is 21.0 Å². The van der Waals surface area contributed by atoms with Crippen LogP contribution in [-0.2, 0) is 4.79 Å². The Balaban J connectivity index is 1.54. The summed E-state index contributed by atoms with van der Waals surface area (Å²) in [6, 6.07) is 8.73. The highest BCUT2D eigenvalue weighted by atomic mass is 16.5. The maximum Gasteiger partial charge on any atom is 0.242 e. The van der Waals surface area contributed by atoms with Gasteiger partial charge in [-0.15, -0.1) is 0 Å². The fourth-order valence-corrected chi connectivity index (χ4v) is 3.98. The Morgan fingerprint density at radius 2 is 1.77 bits per heavy atom. The lowest BCUT2D eigenvalue weighted by Crippen LogP contribution is -2.59. The summed E-state index contributed by atoms with van der Waals surface area (Å²) < 4.78 is 5.24. The Morgan fingerprint density at radius 1 is 1.12 bits per heavy atom. The average Bonchev–Trinajstić information content (AvgIpc) is 2.67. The van der Waals surface area contributed by atoms with Gasteiger partial charge in [-0.25, -0.2) is 0 Å². The molecule has 1 aromatic rings. The molecule has 144 valence electrons. The van der Waals surface area contributed by atoms with Gasteiger partial charge in [-0.1, -0.05) is 0 Å². The van der Waals surface area contributed by atoms with Crippen molar-refractivity contribution in [1.29, 1.82) is 0 Å². The monoisotopic (exact) mass is 360 g/mol. The van der Waals surface area contributed by atoms with E-state index >= 15 is 0 Å². The van der Waals surface area contributed by atoms with E-state index in [4.69, 9.17) is 10.5 Å². The Kier molecular flexibility index (Phi) is 5.73. The molecule has 6 nitrogen and oxygen atoms in total. The number of nitrogens with two attached hydrogens (primary N) is 1. The molecule has 3 rings (SSSR count). The van der Waals surface area contributed by atoms with Gasteiger partial charge < -0.3 is 20.3 Å². The lowest BCUT2D eigenvalue weighted by atomic mass is 9.99. The van der Waals surface area contributed by atoms with Crippen molar-refractivity contribution in [3.63, 3.8) is 0 Å². The van der Waals surface area contributed by atoms with Gasteiger partial charge in [0.05, 0.1) is 12.6 Å². The van der Waals surface area contributed by atoms with Crippen molar-refractivity contribution in [3.05, 3.63) is 24.3 Å². The van der Waals surface area contributed by atoms with Gasteiger partial charge in [0, 0.05) is 51.0 Å². The smallest absolute Gasteiger partial charge is 0.242 e. The van der Waals surface area contributed by atoms with Crippen LogP contribution in [0.3, 0.4) is 0 Å². The summed E-state index contributed by atoms with van der Waals surface area (Å²) in [6.07, 6.45) is 2.22. The number of methoxy groups -OCH3 is 1. The van der Waals surface area contributed by atoms with E-state index in [0.29, 0.717) is 6.04 Å². The molecule has 6 heteroatoms. The molecule has 0 saturated carbocycles. The van der Waals surface area contributed by atoms with Crippen LogP contribution < -0.4 is 15.4 Å². The van der Waals surface area contributed by atoms with Gasteiger partial charge in [0.1, 0.15) is 5.75 Å². The zero-order valence-electron chi connectivity index (χ0n) is 16.3. The zero-order chi connectivity index (χ0) is 18.7. The maximum atomic E-state index is 12.5. The molecule has 0 spiro atoms. The van der Waals surface area contributed by atoms with Crippen molar-refractivity contribution >= 4 is 11.6 Å². The first-order valence-electron chi connectivity index (χ1n) is 9.60. The largest absolute Gasteiger partial charge is 0.497 e. The van der Waals surface area contributed by atoms with E-state index in [2.05, 4.69) is 21.9 Å². The molecule has 0 radical (unpaired) electrons. The van der Waals surface area contributed by atoms with Crippen LogP contribution in [-0.4, -0.2) is 73.7 Å². The fraction of sp³-hybridized carbons (Fsp3) is 0.650. The third kappa shape index (κ3) is 4.30. The molecule has 2 fully saturated rings. The number of nitrogens with zero attached hydrogens (tertiary/aromatic N) is 3. The van der Waals surface area contributed by atoms with Gasteiger partial charge in [0.15, 0.2) is 0 Å². The third-order valence-corrected chi connectivity index (χ3v) is 5.50. The molecule has 0 aliphatic carbocycles. The zero-order valence-corrected chi connectivity index (χ0v) is 16.3. The van der Waals surface area contributed by atoms with Gasteiger partial charge in [0.2, 0.25) is 5.91 Å². The lowest BCUT2D eigenvalue weighted by Gasteiger charge is -2.44. The van der Waals surface area contributed by atoms with Crippen molar-refractivity contribution < 1.29 is 9.53 Å². The van der Waals surface area contributed by atoms with E-state index in [1.807, 2.05) is 17.0 Å². The second-order valence-corrected chi connectivity index (χ2v) is 7.99. The second kappa shape index (κ2) is 7.84. The van der Waals surface area contributed by atoms with Gasteiger partial charge in [-0.2, -0.15) is 0 Å². The Labute approximate surface area is 156 Å². The van der Waals surface area contributed by atoms with Crippen LogP contribution in [0.5, 0.6) is 5.75 Å². The molecule has 2 heterocycles. The summed E-state index contributed by atoms with van der Waals surface area (Å²) in [6.45, 7) is 9.33. The minimum Gasteiger partial charge on any atom is -0.497 e. The van der Waals surface area contributed by atoms with Crippen molar-refractivity contribution in [2.24, 2.45) is 5.73 Å². The van der Waals surface area contributed by atoms with Crippen LogP contribution >= 0.6 is 0 Å². The van der Waals surface area contributed by atoms with Gasteiger partial charge >= 0.3 is 0 Å². The molecule has 0 bridgehead atoms. The Hall–Kier alpha value is -1.79. The number of piperazine rings is 1. The summed E-state index contributed by atoms with van der Waals surface area (Å²) in [4.78, 5) is 19.4. The molecule has 2 aliphatic heterocycles. The molecule has 2 saturated heterocycles.